The minimum Gasteiger partial charge on any atom is -0.377 e. The molecule has 9 heavy (non-hydrogen) atoms. The summed E-state index contributed by atoms with van der Waals surface area (Å²) in [6.45, 7) is 1.98. The lowest BCUT2D eigenvalue weighted by Crippen LogP contribution is -2.29. The van der Waals surface area contributed by atoms with Crippen molar-refractivity contribution in [2.45, 2.75) is 25.4 Å². The first-order valence-electron chi connectivity index (χ1n) is 3.69. The number of likely N-dealkylation sites (N-methyl/N-ethyl adjacent to an activating group) is 1. The number of rotatable bonds is 2. The van der Waals surface area contributed by atoms with Crippen LogP contribution in [0.1, 0.15) is 19.3 Å². The molecule has 1 rings (SSSR count). The van der Waals surface area contributed by atoms with Crippen LogP contribution >= 0.6 is 0 Å². The molecular weight excluding hydrogens is 114 g/mol. The fraction of sp³-hybridized carbons (Fsp3) is 1.00. The van der Waals surface area contributed by atoms with E-state index < -0.39 is 0 Å². The van der Waals surface area contributed by atoms with Gasteiger partial charge in [0.05, 0.1) is 6.10 Å². The van der Waals surface area contributed by atoms with Crippen molar-refractivity contribution < 1.29 is 4.74 Å². The highest BCUT2D eigenvalue weighted by Gasteiger charge is 2.11. The topological polar surface area (TPSA) is 21.3 Å². The molecule has 1 unspecified atom stereocenters. The first-order valence-corrected chi connectivity index (χ1v) is 3.69. The summed E-state index contributed by atoms with van der Waals surface area (Å²) >= 11 is 0. The summed E-state index contributed by atoms with van der Waals surface area (Å²) in [6.07, 6.45) is 4.32. The fourth-order valence-electron chi connectivity index (χ4n) is 1.20. The van der Waals surface area contributed by atoms with Gasteiger partial charge in [-0.2, -0.15) is 0 Å². The van der Waals surface area contributed by atoms with E-state index in [2.05, 4.69) is 5.32 Å². The van der Waals surface area contributed by atoms with Gasteiger partial charge in [-0.25, -0.2) is 0 Å². The predicted octanol–water partition coefficient (Wildman–Crippen LogP) is 0.775. The molecule has 1 fully saturated rings. The standard InChI is InChI=1S/C7H15NO/c1-8-6-7-4-2-3-5-9-7/h7-8H,2-6H2,1H3. The maximum absolute atomic E-state index is 5.46. The van der Waals surface area contributed by atoms with Crippen molar-refractivity contribution in [1.29, 1.82) is 0 Å². The van der Waals surface area contributed by atoms with Crippen LogP contribution in [-0.2, 0) is 4.74 Å². The van der Waals surface area contributed by atoms with E-state index in [1.807, 2.05) is 7.05 Å². The van der Waals surface area contributed by atoms with E-state index >= 15 is 0 Å². The summed E-state index contributed by atoms with van der Waals surface area (Å²) < 4.78 is 5.46. The Morgan fingerprint density at radius 2 is 2.44 bits per heavy atom. The Hall–Kier alpha value is -0.0800. The molecule has 0 spiro atoms. The molecule has 2 heteroatoms. The van der Waals surface area contributed by atoms with Crippen LogP contribution in [0, 0.1) is 0 Å². The quantitative estimate of drug-likeness (QED) is 0.594. The van der Waals surface area contributed by atoms with Gasteiger partial charge in [-0.1, -0.05) is 0 Å². The van der Waals surface area contributed by atoms with Crippen molar-refractivity contribution >= 4 is 0 Å². The first kappa shape index (κ1) is 7.03. The molecular formula is C7H15NO. The minimum atomic E-state index is 0.490. The smallest absolute Gasteiger partial charge is 0.0699 e. The Balaban J connectivity index is 2.08. The second-order valence-electron chi connectivity index (χ2n) is 2.55. The lowest BCUT2D eigenvalue weighted by atomic mass is 10.1. The third kappa shape index (κ3) is 2.33. The van der Waals surface area contributed by atoms with Gasteiger partial charge in [-0.15, -0.1) is 0 Å². The zero-order valence-electron chi connectivity index (χ0n) is 6.02. The van der Waals surface area contributed by atoms with E-state index in [9.17, 15) is 0 Å². The van der Waals surface area contributed by atoms with Gasteiger partial charge in [0.25, 0.3) is 0 Å². The third-order valence-electron chi connectivity index (χ3n) is 1.71. The molecule has 0 aromatic rings. The Labute approximate surface area is 56.6 Å². The zero-order valence-corrected chi connectivity index (χ0v) is 6.02. The molecule has 0 saturated carbocycles. The van der Waals surface area contributed by atoms with Crippen LogP contribution in [0.3, 0.4) is 0 Å². The fourth-order valence-corrected chi connectivity index (χ4v) is 1.20. The highest BCUT2D eigenvalue weighted by atomic mass is 16.5. The van der Waals surface area contributed by atoms with Gasteiger partial charge >= 0.3 is 0 Å². The summed E-state index contributed by atoms with van der Waals surface area (Å²) in [4.78, 5) is 0. The van der Waals surface area contributed by atoms with Crippen LogP contribution in [-0.4, -0.2) is 26.3 Å². The molecule has 2 nitrogen and oxygen atoms in total. The minimum absolute atomic E-state index is 0.490. The number of hydrogen-bond acceptors (Lipinski definition) is 2. The van der Waals surface area contributed by atoms with E-state index in [4.69, 9.17) is 4.74 Å². The van der Waals surface area contributed by atoms with Crippen molar-refractivity contribution in [3.05, 3.63) is 0 Å². The molecule has 1 aliphatic heterocycles. The second kappa shape index (κ2) is 3.85. The molecule has 0 amide bonds. The second-order valence-corrected chi connectivity index (χ2v) is 2.55. The van der Waals surface area contributed by atoms with E-state index in [0.717, 1.165) is 13.2 Å². The Morgan fingerprint density at radius 3 is 3.00 bits per heavy atom. The highest BCUT2D eigenvalue weighted by molar-refractivity contribution is 4.64. The first-order chi connectivity index (χ1) is 4.43. The summed E-state index contributed by atoms with van der Waals surface area (Å²) in [7, 11) is 1.97. The van der Waals surface area contributed by atoms with Gasteiger partial charge in [0.2, 0.25) is 0 Å². The summed E-state index contributed by atoms with van der Waals surface area (Å²) in [5.74, 6) is 0. The molecule has 1 heterocycles. The lowest BCUT2D eigenvalue weighted by Gasteiger charge is -2.21. The van der Waals surface area contributed by atoms with Crippen LogP contribution in [0.4, 0.5) is 0 Å². The molecule has 1 N–H and O–H groups in total. The largest absolute Gasteiger partial charge is 0.377 e. The van der Waals surface area contributed by atoms with Gasteiger partial charge in [0.1, 0.15) is 0 Å². The Bertz CT molecular complexity index is 66.6. The summed E-state index contributed by atoms with van der Waals surface area (Å²) in [5, 5.41) is 3.11. The van der Waals surface area contributed by atoms with Crippen molar-refractivity contribution in [2.75, 3.05) is 20.2 Å². The average Bonchev–Trinajstić information content (AvgIpc) is 1.91. The maximum Gasteiger partial charge on any atom is 0.0699 e. The van der Waals surface area contributed by atoms with Crippen LogP contribution < -0.4 is 5.32 Å². The van der Waals surface area contributed by atoms with Crippen LogP contribution in [0.2, 0.25) is 0 Å². The van der Waals surface area contributed by atoms with Gasteiger partial charge in [-0.05, 0) is 26.3 Å². The lowest BCUT2D eigenvalue weighted by molar-refractivity contribution is 0.0181. The zero-order chi connectivity index (χ0) is 6.53. The maximum atomic E-state index is 5.46. The molecule has 0 radical (unpaired) electrons. The molecule has 1 atom stereocenters. The molecule has 0 bridgehead atoms. The van der Waals surface area contributed by atoms with E-state index in [-0.39, 0.29) is 0 Å². The van der Waals surface area contributed by atoms with Crippen molar-refractivity contribution in [2.24, 2.45) is 0 Å². The van der Waals surface area contributed by atoms with E-state index in [1.165, 1.54) is 19.3 Å². The average molecular weight is 129 g/mol. The summed E-state index contributed by atoms with van der Waals surface area (Å²) in [6, 6.07) is 0. The van der Waals surface area contributed by atoms with Gasteiger partial charge < -0.3 is 10.1 Å². The van der Waals surface area contributed by atoms with E-state index in [1.54, 1.807) is 0 Å². The monoisotopic (exact) mass is 129 g/mol. The van der Waals surface area contributed by atoms with Crippen LogP contribution in [0.5, 0.6) is 0 Å². The summed E-state index contributed by atoms with van der Waals surface area (Å²) in [5.41, 5.74) is 0. The van der Waals surface area contributed by atoms with Gasteiger partial charge in [0.15, 0.2) is 0 Å². The molecule has 54 valence electrons. The Morgan fingerprint density at radius 1 is 1.56 bits per heavy atom. The molecule has 1 aliphatic rings. The molecule has 0 aromatic heterocycles. The van der Waals surface area contributed by atoms with Crippen molar-refractivity contribution in [3.63, 3.8) is 0 Å². The van der Waals surface area contributed by atoms with Crippen molar-refractivity contribution in [3.8, 4) is 0 Å². The van der Waals surface area contributed by atoms with E-state index in [0.29, 0.717) is 6.10 Å². The van der Waals surface area contributed by atoms with Gasteiger partial charge in [0, 0.05) is 13.2 Å². The van der Waals surface area contributed by atoms with Crippen LogP contribution in [0.25, 0.3) is 0 Å². The number of hydrogen-bond donors (Lipinski definition) is 1. The SMILES string of the molecule is CNCC1CCCCO1. The number of ether oxygens (including phenoxy) is 1. The van der Waals surface area contributed by atoms with Crippen molar-refractivity contribution in [1.82, 2.24) is 5.32 Å². The predicted molar refractivity (Wildman–Crippen MR) is 37.5 cm³/mol. The third-order valence-corrected chi connectivity index (χ3v) is 1.71. The normalized spacial score (nSPS) is 28.3. The molecule has 0 aliphatic carbocycles. The number of nitrogens with one attached hydrogen (secondary N) is 1. The van der Waals surface area contributed by atoms with Crippen LogP contribution in [0.15, 0.2) is 0 Å². The van der Waals surface area contributed by atoms with Gasteiger partial charge in [-0.3, -0.25) is 0 Å². The Kier molecular flexibility index (Phi) is 3.01. The highest BCUT2D eigenvalue weighted by Crippen LogP contribution is 2.10. The molecule has 0 aromatic carbocycles. The molecule has 1 saturated heterocycles.